The van der Waals surface area contributed by atoms with Gasteiger partial charge in [0.15, 0.2) is 0 Å². The molecular weight excluding hydrogens is 610 g/mol. The van der Waals surface area contributed by atoms with Crippen molar-refractivity contribution in [2.75, 3.05) is 13.1 Å². The molecule has 0 aliphatic carbocycles. The van der Waals surface area contributed by atoms with Crippen LogP contribution in [0.3, 0.4) is 0 Å². The van der Waals surface area contributed by atoms with Gasteiger partial charge >= 0.3 is 12.1 Å². The van der Waals surface area contributed by atoms with Gasteiger partial charge in [0.25, 0.3) is 0 Å². The summed E-state index contributed by atoms with van der Waals surface area (Å²) in [5.41, 5.74) is 4.09. The number of carbonyl (C=O) groups excluding carboxylic acids is 1. The van der Waals surface area contributed by atoms with Crippen LogP contribution in [0.4, 0.5) is 4.79 Å². The fraction of sp³-hybridized carbons (Fsp3) is 0.394. The van der Waals surface area contributed by atoms with Gasteiger partial charge in [-0.3, -0.25) is 13.9 Å². The predicted molar refractivity (Wildman–Crippen MR) is 175 cm³/mol. The highest BCUT2D eigenvalue weighted by Gasteiger charge is 2.34. The van der Waals surface area contributed by atoms with Crippen LogP contribution < -0.4 is 10.1 Å². The summed E-state index contributed by atoms with van der Waals surface area (Å²) in [6.45, 7) is 10.4. The third-order valence-corrected chi connectivity index (χ3v) is 9.65. The van der Waals surface area contributed by atoms with Crippen molar-refractivity contribution in [1.29, 1.82) is 0 Å². The maximum absolute atomic E-state index is 12.1. The number of aromatic nitrogens is 3. The standard InChI is InChI=1S/C33H41N5O7S/c1-21-10-11-23(16-25(21)20-37-19-22(2)44-29-8-6-7-9-30(29)46(37,42)43)26(18-31(39)40)24-12-13-28-27(17-24)35-36-38(28)15-14-34-32(41)45-33(3,4)5/h6-13,16-17,22,26,42-43H,14-15,18-20H2,1-5H3,(H,34,41)(H,39,40). The van der Waals surface area contributed by atoms with Gasteiger partial charge in [-0.2, -0.15) is 4.31 Å². The number of hydrogen-bond acceptors (Lipinski definition) is 9. The van der Waals surface area contributed by atoms with Crippen LogP contribution in [-0.2, 0) is 22.6 Å². The molecule has 0 bridgehead atoms. The largest absolute Gasteiger partial charge is 0.487 e. The first-order valence-electron chi connectivity index (χ1n) is 15.1. The average Bonchev–Trinajstić information content (AvgIpc) is 3.34. The summed E-state index contributed by atoms with van der Waals surface area (Å²) in [7, 11) is -3.35. The second-order valence-electron chi connectivity index (χ2n) is 12.5. The van der Waals surface area contributed by atoms with Crippen molar-refractivity contribution in [2.45, 2.75) is 76.6 Å². The second-order valence-corrected chi connectivity index (χ2v) is 14.5. The zero-order valence-corrected chi connectivity index (χ0v) is 27.5. The summed E-state index contributed by atoms with van der Waals surface area (Å²) >= 11 is 0. The Morgan fingerprint density at radius 3 is 2.57 bits per heavy atom. The lowest BCUT2D eigenvalue weighted by Crippen LogP contribution is -2.34. The number of nitrogens with one attached hydrogen (secondary N) is 1. The van der Waals surface area contributed by atoms with Crippen molar-refractivity contribution in [3.05, 3.63) is 82.9 Å². The van der Waals surface area contributed by atoms with Crippen LogP contribution in [0, 0.1) is 6.92 Å². The summed E-state index contributed by atoms with van der Waals surface area (Å²) in [4.78, 5) is 24.4. The first kappa shape index (κ1) is 33.2. The molecule has 1 amide bonds. The molecule has 0 saturated heterocycles. The van der Waals surface area contributed by atoms with Crippen LogP contribution in [0.2, 0.25) is 0 Å². The van der Waals surface area contributed by atoms with E-state index in [1.54, 1.807) is 54.0 Å². The summed E-state index contributed by atoms with van der Waals surface area (Å²) in [6, 6.07) is 18.3. The molecule has 4 aromatic rings. The Labute approximate surface area is 269 Å². The summed E-state index contributed by atoms with van der Waals surface area (Å²) in [6.07, 6.45) is -0.952. The van der Waals surface area contributed by atoms with Gasteiger partial charge in [-0.1, -0.05) is 41.6 Å². The Kier molecular flexibility index (Phi) is 9.59. The number of rotatable bonds is 9. The van der Waals surface area contributed by atoms with Gasteiger partial charge < -0.3 is 19.9 Å². The van der Waals surface area contributed by atoms with Crippen molar-refractivity contribution < 1.29 is 33.3 Å². The summed E-state index contributed by atoms with van der Waals surface area (Å²) in [5, 5.41) is 21.1. The zero-order chi connectivity index (χ0) is 33.2. The number of benzene rings is 3. The zero-order valence-electron chi connectivity index (χ0n) is 26.6. The van der Waals surface area contributed by atoms with E-state index in [0.29, 0.717) is 35.8 Å². The molecule has 0 radical (unpaired) electrons. The lowest BCUT2D eigenvalue weighted by molar-refractivity contribution is -0.137. The first-order valence-corrected chi connectivity index (χ1v) is 16.6. The number of carbonyl (C=O) groups is 2. The van der Waals surface area contributed by atoms with Gasteiger partial charge in [0.2, 0.25) is 0 Å². The van der Waals surface area contributed by atoms with E-state index in [1.165, 1.54) is 0 Å². The average molecular weight is 652 g/mol. The van der Waals surface area contributed by atoms with Gasteiger partial charge in [0.1, 0.15) is 27.9 Å². The van der Waals surface area contributed by atoms with E-state index in [1.807, 2.05) is 50.2 Å². The molecule has 2 heterocycles. The highest BCUT2D eigenvalue weighted by Crippen LogP contribution is 2.57. The summed E-state index contributed by atoms with van der Waals surface area (Å²) in [5.74, 6) is -0.989. The van der Waals surface area contributed by atoms with Gasteiger partial charge in [0.05, 0.1) is 25.0 Å². The number of carboxylic acid groups (broad SMARTS) is 1. The molecule has 0 spiro atoms. The van der Waals surface area contributed by atoms with Crippen molar-refractivity contribution in [1.82, 2.24) is 24.6 Å². The van der Waals surface area contributed by atoms with Crippen LogP contribution in [0.5, 0.6) is 5.75 Å². The van der Waals surface area contributed by atoms with Crippen LogP contribution in [-0.4, -0.2) is 70.4 Å². The molecule has 1 aromatic heterocycles. The van der Waals surface area contributed by atoms with Crippen LogP contribution >= 0.6 is 10.8 Å². The molecular formula is C33H41N5O7S. The highest BCUT2D eigenvalue weighted by molar-refractivity contribution is 8.22. The van der Waals surface area contributed by atoms with E-state index < -0.39 is 34.4 Å². The molecule has 0 fully saturated rings. The number of ether oxygens (including phenoxy) is 2. The minimum atomic E-state index is -3.35. The smallest absolute Gasteiger partial charge is 0.407 e. The van der Waals surface area contributed by atoms with E-state index in [-0.39, 0.29) is 19.1 Å². The fourth-order valence-electron chi connectivity index (χ4n) is 5.53. The number of carboxylic acids is 1. The molecule has 246 valence electrons. The number of hydrogen-bond donors (Lipinski definition) is 4. The van der Waals surface area contributed by atoms with E-state index in [2.05, 4.69) is 15.6 Å². The monoisotopic (exact) mass is 651 g/mol. The van der Waals surface area contributed by atoms with Gasteiger partial charge in [0, 0.05) is 19.0 Å². The number of aliphatic carboxylic acids is 1. The van der Waals surface area contributed by atoms with Gasteiger partial charge in [-0.05, 0) is 81.1 Å². The van der Waals surface area contributed by atoms with Crippen LogP contribution in [0.1, 0.15) is 62.3 Å². The molecule has 1 aliphatic rings. The van der Waals surface area contributed by atoms with Gasteiger partial charge in [-0.25, -0.2) is 9.48 Å². The molecule has 12 nitrogen and oxygen atoms in total. The van der Waals surface area contributed by atoms with Crippen molar-refractivity contribution in [2.24, 2.45) is 0 Å². The maximum Gasteiger partial charge on any atom is 0.407 e. The third kappa shape index (κ3) is 7.61. The molecule has 46 heavy (non-hydrogen) atoms. The summed E-state index contributed by atoms with van der Waals surface area (Å²) < 4.78 is 37.4. The van der Waals surface area contributed by atoms with Gasteiger partial charge in [-0.15, -0.1) is 15.9 Å². The number of fused-ring (bicyclic) bond motifs is 2. The minimum Gasteiger partial charge on any atom is -0.487 e. The molecule has 2 unspecified atom stereocenters. The first-order chi connectivity index (χ1) is 21.7. The van der Waals surface area contributed by atoms with Crippen molar-refractivity contribution in [3.8, 4) is 5.75 Å². The Bertz CT molecular complexity index is 1740. The highest BCUT2D eigenvalue weighted by atomic mass is 32.3. The molecule has 13 heteroatoms. The lowest BCUT2D eigenvalue weighted by atomic mass is 9.86. The quantitative estimate of drug-likeness (QED) is 0.165. The Hall–Kier alpha value is -4.17. The molecule has 1 aliphatic heterocycles. The fourth-order valence-corrected chi connectivity index (χ4v) is 7.19. The number of alkyl carbamates (subject to hydrolysis) is 1. The van der Waals surface area contributed by atoms with Crippen LogP contribution in [0.25, 0.3) is 11.0 Å². The predicted octanol–water partition coefficient (Wildman–Crippen LogP) is 6.18. The molecule has 3 aromatic carbocycles. The topological polar surface area (TPSA) is 159 Å². The Balaban J connectivity index is 1.39. The lowest BCUT2D eigenvalue weighted by Gasteiger charge is -2.42. The molecule has 5 rings (SSSR count). The van der Waals surface area contributed by atoms with Crippen molar-refractivity contribution in [3.63, 3.8) is 0 Å². The third-order valence-electron chi connectivity index (χ3n) is 7.73. The minimum absolute atomic E-state index is 0.154. The van der Waals surface area contributed by atoms with Crippen LogP contribution in [0.15, 0.2) is 65.6 Å². The molecule has 2 atom stereocenters. The number of aryl methyl sites for hydroxylation is 1. The Morgan fingerprint density at radius 1 is 1.11 bits per heavy atom. The maximum atomic E-state index is 12.1. The van der Waals surface area contributed by atoms with E-state index in [0.717, 1.165) is 27.8 Å². The number of amides is 1. The normalized spacial score (nSPS) is 17.8. The molecule has 4 N–H and O–H groups in total. The van der Waals surface area contributed by atoms with E-state index >= 15 is 0 Å². The van der Waals surface area contributed by atoms with E-state index in [9.17, 15) is 23.8 Å². The number of nitrogens with zero attached hydrogens (tertiary/aromatic N) is 4. The number of para-hydroxylation sites is 1. The Morgan fingerprint density at radius 2 is 1.83 bits per heavy atom. The SMILES string of the molecule is Cc1ccc(C(CC(=O)O)c2ccc3c(c2)nnn3CCNC(=O)OC(C)(C)C)cc1CN1CC(C)Oc2ccccc2S1(O)O. The van der Waals surface area contributed by atoms with E-state index in [4.69, 9.17) is 9.47 Å². The second kappa shape index (κ2) is 13.3. The molecule has 0 saturated carbocycles. The van der Waals surface area contributed by atoms with Crippen molar-refractivity contribution >= 4 is 33.9 Å².